The smallest absolute Gasteiger partial charge is 0.127 e. The van der Waals surface area contributed by atoms with E-state index in [1.165, 1.54) is 25.7 Å². The summed E-state index contributed by atoms with van der Waals surface area (Å²) in [4.78, 5) is 21.9. The molecule has 3 nitrogen and oxygen atoms in total. The highest BCUT2D eigenvalue weighted by Crippen LogP contribution is 2.65. The van der Waals surface area contributed by atoms with Crippen LogP contribution in [0, 0.1) is 28.6 Å². The van der Waals surface area contributed by atoms with Crippen molar-refractivity contribution in [3.8, 4) is 0 Å². The van der Waals surface area contributed by atoms with Gasteiger partial charge in [-0.2, -0.15) is 0 Å². The van der Waals surface area contributed by atoms with E-state index in [0.29, 0.717) is 17.3 Å². The molecule has 0 aromatic heterocycles. The van der Waals surface area contributed by atoms with Gasteiger partial charge in [-0.05, 0) is 42.4 Å². The molecule has 3 rings (SSSR count). The Morgan fingerprint density at radius 3 is 2.52 bits per heavy atom. The van der Waals surface area contributed by atoms with Gasteiger partial charge in [0.25, 0.3) is 0 Å². The van der Waals surface area contributed by atoms with Crippen LogP contribution in [0.5, 0.6) is 0 Å². The van der Waals surface area contributed by atoms with Gasteiger partial charge in [0.15, 0.2) is 0 Å². The average molecular weight is 318 g/mol. The molecule has 0 aromatic rings. The number of carbonyl (C=O) groups is 2. The minimum Gasteiger partial charge on any atom is -0.369 e. The Morgan fingerprint density at radius 1 is 1.17 bits per heavy atom. The van der Waals surface area contributed by atoms with Crippen LogP contribution >= 0.6 is 0 Å². The van der Waals surface area contributed by atoms with Crippen molar-refractivity contribution < 1.29 is 14.3 Å². The molecule has 1 spiro atoms. The lowest BCUT2D eigenvalue weighted by Gasteiger charge is -2.58. The zero-order valence-electron chi connectivity index (χ0n) is 14.7. The summed E-state index contributed by atoms with van der Waals surface area (Å²) >= 11 is 0. The van der Waals surface area contributed by atoms with Crippen LogP contribution in [0.25, 0.3) is 0 Å². The number of ether oxygens (including phenoxy) is 1. The van der Waals surface area contributed by atoms with E-state index in [-0.39, 0.29) is 23.4 Å². The summed E-state index contributed by atoms with van der Waals surface area (Å²) in [6.07, 6.45) is 12.4. The van der Waals surface area contributed by atoms with Crippen LogP contribution in [0.2, 0.25) is 0 Å². The van der Waals surface area contributed by atoms with E-state index in [2.05, 4.69) is 26.8 Å². The lowest BCUT2D eigenvalue weighted by Crippen LogP contribution is -2.54. The molecule has 2 saturated carbocycles. The molecule has 1 saturated heterocycles. The van der Waals surface area contributed by atoms with Crippen LogP contribution in [0.1, 0.15) is 59.3 Å². The fourth-order valence-electron chi connectivity index (χ4n) is 5.76. The largest absolute Gasteiger partial charge is 0.369 e. The van der Waals surface area contributed by atoms with Crippen molar-refractivity contribution in [2.75, 3.05) is 6.61 Å². The first-order valence-electron chi connectivity index (χ1n) is 9.09. The van der Waals surface area contributed by atoms with Crippen molar-refractivity contribution in [1.82, 2.24) is 0 Å². The molecule has 3 heteroatoms. The number of hydrogen-bond acceptors (Lipinski definition) is 3. The van der Waals surface area contributed by atoms with Gasteiger partial charge in [0, 0.05) is 18.3 Å². The van der Waals surface area contributed by atoms with Gasteiger partial charge < -0.3 is 14.3 Å². The lowest BCUT2D eigenvalue weighted by molar-refractivity contribution is -0.114. The Kier molecular flexibility index (Phi) is 4.29. The van der Waals surface area contributed by atoms with Crippen LogP contribution < -0.4 is 0 Å². The summed E-state index contributed by atoms with van der Waals surface area (Å²) in [5.41, 5.74) is 0.619. The fourth-order valence-corrected chi connectivity index (χ4v) is 5.76. The number of rotatable bonds is 5. The van der Waals surface area contributed by atoms with Crippen molar-refractivity contribution >= 4 is 12.6 Å². The predicted molar refractivity (Wildman–Crippen MR) is 90.0 cm³/mol. The highest BCUT2D eigenvalue weighted by atomic mass is 16.6. The van der Waals surface area contributed by atoms with Crippen LogP contribution in [-0.2, 0) is 14.3 Å². The molecule has 5 atom stereocenters. The van der Waals surface area contributed by atoms with Gasteiger partial charge in [-0.15, -0.1) is 0 Å². The summed E-state index contributed by atoms with van der Waals surface area (Å²) in [6.45, 7) is 8.13. The second-order valence-electron chi connectivity index (χ2n) is 8.86. The van der Waals surface area contributed by atoms with Crippen molar-refractivity contribution in [1.29, 1.82) is 0 Å². The molecular weight excluding hydrogens is 288 g/mol. The van der Waals surface area contributed by atoms with E-state index in [1.54, 1.807) is 0 Å². The van der Waals surface area contributed by atoms with Gasteiger partial charge >= 0.3 is 0 Å². The third-order valence-electron chi connectivity index (χ3n) is 7.02. The summed E-state index contributed by atoms with van der Waals surface area (Å²) in [5, 5.41) is 0. The number of fused-ring (bicyclic) bond motifs is 1. The molecule has 2 aliphatic carbocycles. The third kappa shape index (κ3) is 2.82. The fraction of sp³-hybridized carbons (Fsp3) is 0.800. The molecule has 1 heterocycles. The van der Waals surface area contributed by atoms with Crippen molar-refractivity contribution in [3.63, 3.8) is 0 Å². The van der Waals surface area contributed by atoms with E-state index < -0.39 is 0 Å². The third-order valence-corrected chi connectivity index (χ3v) is 7.02. The Hall–Kier alpha value is -0.960. The Labute approximate surface area is 139 Å². The van der Waals surface area contributed by atoms with E-state index in [1.807, 2.05) is 6.08 Å². The summed E-state index contributed by atoms with van der Waals surface area (Å²) in [7, 11) is 0. The number of epoxide rings is 1. The molecule has 0 radical (unpaired) electrons. The maximum absolute atomic E-state index is 11.2. The maximum Gasteiger partial charge on any atom is 0.127 e. The molecule has 3 aliphatic rings. The Bertz CT molecular complexity index is 503. The zero-order chi connectivity index (χ0) is 16.7. The normalized spacial score (nSPS) is 43.1. The van der Waals surface area contributed by atoms with E-state index in [4.69, 9.17) is 4.74 Å². The number of allylic oxidation sites excluding steroid dienone is 1. The Balaban J connectivity index is 1.89. The molecule has 0 bridgehead atoms. The first-order chi connectivity index (χ1) is 10.9. The molecule has 0 amide bonds. The van der Waals surface area contributed by atoms with Gasteiger partial charge in [-0.1, -0.05) is 39.3 Å². The zero-order valence-corrected chi connectivity index (χ0v) is 14.7. The van der Waals surface area contributed by atoms with Crippen molar-refractivity contribution in [2.24, 2.45) is 28.6 Å². The summed E-state index contributed by atoms with van der Waals surface area (Å²) in [5.74, 6) is 0.778. The standard InChI is InChI=1S/C20H30O3/c1-18(2)9-4-10-19(3)16(18)7-11-20(14-23-20)17(19)6-5-15(13-22)8-12-21/h5-6,12-13,15-17H,4,7-11,14H2,1-3H3/b6-5+/t15-,16+,17+,19-,20-/m0/s1. The van der Waals surface area contributed by atoms with Crippen molar-refractivity contribution in [3.05, 3.63) is 12.2 Å². The molecule has 128 valence electrons. The Morgan fingerprint density at radius 2 is 1.91 bits per heavy atom. The first kappa shape index (κ1) is 16.9. The van der Waals surface area contributed by atoms with Gasteiger partial charge in [-0.3, -0.25) is 0 Å². The quantitative estimate of drug-likeness (QED) is 0.438. The number of aldehydes is 2. The second kappa shape index (κ2) is 5.84. The summed E-state index contributed by atoms with van der Waals surface area (Å²) < 4.78 is 5.95. The van der Waals surface area contributed by atoms with Crippen LogP contribution in [0.3, 0.4) is 0 Å². The van der Waals surface area contributed by atoms with Crippen molar-refractivity contribution in [2.45, 2.75) is 64.9 Å². The molecule has 0 unspecified atom stereocenters. The maximum atomic E-state index is 11.2. The van der Waals surface area contributed by atoms with Gasteiger partial charge in [0.1, 0.15) is 12.6 Å². The molecule has 0 aromatic carbocycles. The number of hydrogen-bond donors (Lipinski definition) is 0. The molecule has 3 fully saturated rings. The van der Waals surface area contributed by atoms with E-state index >= 15 is 0 Å². The van der Waals surface area contributed by atoms with Crippen LogP contribution in [-0.4, -0.2) is 24.8 Å². The SMILES string of the molecule is CC1(C)CCC[C@@]2(C)[C@@H]1CC[C@]1(CO1)[C@@H]2/C=C/[C@H](C=O)CC=O. The minimum atomic E-state index is -0.288. The van der Waals surface area contributed by atoms with Crippen LogP contribution in [0.4, 0.5) is 0 Å². The highest BCUT2D eigenvalue weighted by Gasteiger charge is 2.64. The molecule has 1 aliphatic heterocycles. The monoisotopic (exact) mass is 318 g/mol. The van der Waals surface area contributed by atoms with Gasteiger partial charge in [-0.25, -0.2) is 0 Å². The second-order valence-corrected chi connectivity index (χ2v) is 8.86. The first-order valence-corrected chi connectivity index (χ1v) is 9.09. The molecular formula is C20H30O3. The topological polar surface area (TPSA) is 46.7 Å². The van der Waals surface area contributed by atoms with Gasteiger partial charge in [0.05, 0.1) is 12.2 Å². The highest BCUT2D eigenvalue weighted by molar-refractivity contribution is 5.64. The molecule has 0 N–H and O–H groups in total. The number of carbonyl (C=O) groups excluding carboxylic acids is 2. The summed E-state index contributed by atoms with van der Waals surface area (Å²) in [6, 6.07) is 0. The molecule has 23 heavy (non-hydrogen) atoms. The lowest BCUT2D eigenvalue weighted by atomic mass is 9.46. The van der Waals surface area contributed by atoms with E-state index in [0.717, 1.165) is 25.6 Å². The average Bonchev–Trinajstić information content (AvgIpc) is 3.24. The predicted octanol–water partition coefficient (Wildman–Crippen LogP) is 3.96. The van der Waals surface area contributed by atoms with E-state index in [9.17, 15) is 9.59 Å². The minimum absolute atomic E-state index is 0.00375. The van der Waals surface area contributed by atoms with Crippen LogP contribution in [0.15, 0.2) is 12.2 Å². The van der Waals surface area contributed by atoms with Gasteiger partial charge in [0.2, 0.25) is 0 Å².